The average molecular weight is 522 g/mol. The van der Waals surface area contributed by atoms with Crippen LogP contribution in [-0.2, 0) is 18.8 Å². The molecule has 1 unspecified atom stereocenters. The van der Waals surface area contributed by atoms with Gasteiger partial charge in [0.2, 0.25) is 0 Å². The van der Waals surface area contributed by atoms with Crippen LogP contribution in [0.5, 0.6) is 5.75 Å². The molecule has 4 rings (SSSR count). The van der Waals surface area contributed by atoms with Gasteiger partial charge in [-0.25, -0.2) is 0 Å². The molecule has 37 heavy (non-hydrogen) atoms. The molecular weight excluding hydrogens is 492 g/mol. The minimum Gasteiger partial charge on any atom is -0.496 e. The van der Waals surface area contributed by atoms with E-state index < -0.39 is 23.5 Å². The highest BCUT2D eigenvalue weighted by Gasteiger charge is 2.37. The molecule has 3 aromatic carbocycles. The first-order valence-electron chi connectivity index (χ1n) is 12.3. The van der Waals surface area contributed by atoms with Gasteiger partial charge in [0.25, 0.3) is 0 Å². The van der Waals surface area contributed by atoms with Crippen LogP contribution in [0.4, 0.5) is 26.3 Å². The molecule has 0 amide bonds. The fraction of sp³-hybridized carbons (Fsp3) is 0.379. The van der Waals surface area contributed by atoms with Gasteiger partial charge in [-0.3, -0.25) is 4.90 Å². The lowest BCUT2D eigenvalue weighted by molar-refractivity contribution is -0.143. The van der Waals surface area contributed by atoms with Gasteiger partial charge in [-0.15, -0.1) is 0 Å². The molecule has 0 bridgehead atoms. The highest BCUT2D eigenvalue weighted by Crippen LogP contribution is 2.40. The van der Waals surface area contributed by atoms with Crippen molar-refractivity contribution in [3.63, 3.8) is 0 Å². The summed E-state index contributed by atoms with van der Waals surface area (Å²) in [4.78, 5) is 2.27. The maximum absolute atomic E-state index is 13.4. The fourth-order valence-corrected chi connectivity index (χ4v) is 5.21. The number of likely N-dealkylation sites (tertiary alicyclic amines) is 1. The first kappa shape index (κ1) is 27.0. The minimum absolute atomic E-state index is 0.0150. The van der Waals surface area contributed by atoms with E-state index in [9.17, 15) is 26.3 Å². The Labute approximate surface area is 212 Å². The van der Waals surface area contributed by atoms with E-state index in [1.54, 1.807) is 7.11 Å². The van der Waals surface area contributed by atoms with E-state index in [1.165, 1.54) is 5.56 Å². The Morgan fingerprint density at radius 1 is 0.811 bits per heavy atom. The summed E-state index contributed by atoms with van der Waals surface area (Å²) in [6.07, 6.45) is -7.48. The number of para-hydroxylation sites is 1. The molecule has 3 aromatic rings. The van der Waals surface area contributed by atoms with Gasteiger partial charge in [0, 0.05) is 11.6 Å². The molecule has 0 radical (unpaired) electrons. The van der Waals surface area contributed by atoms with Crippen molar-refractivity contribution in [1.29, 1.82) is 0 Å². The Morgan fingerprint density at radius 3 is 1.95 bits per heavy atom. The predicted molar refractivity (Wildman–Crippen MR) is 130 cm³/mol. The van der Waals surface area contributed by atoms with Gasteiger partial charge in [-0.2, -0.15) is 26.3 Å². The molecule has 0 spiro atoms. The lowest BCUT2D eigenvalue weighted by Gasteiger charge is -2.38. The summed E-state index contributed by atoms with van der Waals surface area (Å²) in [7, 11) is 1.56. The number of rotatable bonds is 7. The van der Waals surface area contributed by atoms with Crippen LogP contribution < -0.4 is 4.74 Å². The molecule has 1 aliphatic rings. The molecule has 2 nitrogen and oxygen atoms in total. The number of hydrogen-bond donors (Lipinski definition) is 0. The minimum atomic E-state index is -4.86. The number of aryl methyl sites for hydroxylation is 1. The molecule has 198 valence electrons. The summed E-state index contributed by atoms with van der Waals surface area (Å²) in [5.74, 6) is 1.06. The van der Waals surface area contributed by atoms with Gasteiger partial charge in [0.1, 0.15) is 5.75 Å². The third-order valence-electron chi connectivity index (χ3n) is 7.09. The molecule has 8 heteroatoms. The average Bonchev–Trinajstić information content (AvgIpc) is 2.89. The van der Waals surface area contributed by atoms with Crippen LogP contribution in [0.15, 0.2) is 72.8 Å². The summed E-state index contributed by atoms with van der Waals surface area (Å²) >= 11 is 0. The smallest absolute Gasteiger partial charge is 0.416 e. The van der Waals surface area contributed by atoms with Crippen LogP contribution in [0.25, 0.3) is 0 Å². The van der Waals surface area contributed by atoms with E-state index in [2.05, 4.69) is 17.0 Å². The van der Waals surface area contributed by atoms with Gasteiger partial charge in [-0.1, -0.05) is 48.5 Å². The van der Waals surface area contributed by atoms with Crippen LogP contribution in [0.3, 0.4) is 0 Å². The van der Waals surface area contributed by atoms with Gasteiger partial charge in [-0.05, 0) is 80.1 Å². The van der Waals surface area contributed by atoms with Crippen molar-refractivity contribution in [2.24, 2.45) is 0 Å². The van der Waals surface area contributed by atoms with E-state index in [4.69, 9.17) is 4.74 Å². The van der Waals surface area contributed by atoms with E-state index in [1.807, 2.05) is 42.5 Å². The van der Waals surface area contributed by atoms with Gasteiger partial charge >= 0.3 is 12.4 Å². The Bertz CT molecular complexity index is 1130. The van der Waals surface area contributed by atoms with Crippen molar-refractivity contribution in [1.82, 2.24) is 4.90 Å². The third kappa shape index (κ3) is 6.66. The van der Waals surface area contributed by atoms with Crippen molar-refractivity contribution in [3.8, 4) is 5.75 Å². The monoisotopic (exact) mass is 521 g/mol. The number of ether oxygens (including phenoxy) is 1. The number of nitrogens with zero attached hydrogens (tertiary/aromatic N) is 1. The van der Waals surface area contributed by atoms with Crippen LogP contribution in [0.1, 0.15) is 59.0 Å². The lowest BCUT2D eigenvalue weighted by Crippen LogP contribution is -2.36. The zero-order valence-corrected chi connectivity index (χ0v) is 20.4. The van der Waals surface area contributed by atoms with Gasteiger partial charge in [0.15, 0.2) is 0 Å². The summed E-state index contributed by atoms with van der Waals surface area (Å²) in [6.45, 7) is 1.53. The SMILES string of the molecule is COc1ccccc1C(CCc1cc(C(F)(F)F)cc(C(F)(F)F)c1)N1CCC(c2ccccc2)CC1. The number of methoxy groups -OCH3 is 1. The molecule has 1 atom stereocenters. The summed E-state index contributed by atoms with van der Waals surface area (Å²) in [5.41, 5.74) is -0.392. The Hall–Kier alpha value is -3.00. The zero-order chi connectivity index (χ0) is 26.6. The van der Waals surface area contributed by atoms with E-state index >= 15 is 0 Å². The molecule has 1 fully saturated rings. The highest BCUT2D eigenvalue weighted by molar-refractivity contribution is 5.37. The van der Waals surface area contributed by atoms with Crippen molar-refractivity contribution in [3.05, 3.63) is 101 Å². The lowest BCUT2D eigenvalue weighted by atomic mass is 9.87. The topological polar surface area (TPSA) is 12.5 Å². The molecule has 0 saturated carbocycles. The molecular formula is C29H29F6NO. The zero-order valence-electron chi connectivity index (χ0n) is 20.4. The van der Waals surface area contributed by atoms with Crippen LogP contribution in [0, 0.1) is 0 Å². The van der Waals surface area contributed by atoms with E-state index in [-0.39, 0.29) is 24.1 Å². The first-order chi connectivity index (χ1) is 17.6. The van der Waals surface area contributed by atoms with Crippen LogP contribution in [0.2, 0.25) is 0 Å². The van der Waals surface area contributed by atoms with Crippen LogP contribution in [-0.4, -0.2) is 25.1 Å². The fourth-order valence-electron chi connectivity index (χ4n) is 5.21. The number of halogens is 6. The Kier molecular flexibility index (Phi) is 8.17. The maximum Gasteiger partial charge on any atom is 0.416 e. The van der Waals surface area contributed by atoms with Gasteiger partial charge in [0.05, 0.1) is 18.2 Å². The second kappa shape index (κ2) is 11.2. The van der Waals surface area contributed by atoms with Gasteiger partial charge < -0.3 is 4.74 Å². The second-order valence-corrected chi connectivity index (χ2v) is 9.43. The molecule has 0 aromatic heterocycles. The third-order valence-corrected chi connectivity index (χ3v) is 7.09. The number of benzene rings is 3. The standard InChI is InChI=1S/C29H29F6NO/c1-37-27-10-6-5-9-25(27)26(36-15-13-22(14-16-36)21-7-3-2-4-8-21)12-11-20-17-23(28(30,31)32)19-24(18-20)29(33,34)35/h2-10,17-19,22,26H,11-16H2,1H3. The van der Waals surface area contributed by atoms with Crippen molar-refractivity contribution in [2.75, 3.05) is 20.2 Å². The largest absolute Gasteiger partial charge is 0.496 e. The molecule has 1 aliphatic heterocycles. The molecule has 1 heterocycles. The maximum atomic E-state index is 13.4. The Morgan fingerprint density at radius 2 is 1.38 bits per heavy atom. The highest BCUT2D eigenvalue weighted by atomic mass is 19.4. The van der Waals surface area contributed by atoms with E-state index in [0.717, 1.165) is 43.6 Å². The number of alkyl halides is 6. The predicted octanol–water partition coefficient (Wildman–Crippen LogP) is 8.29. The quantitative estimate of drug-likeness (QED) is 0.290. The summed E-state index contributed by atoms with van der Waals surface area (Å²) < 4.78 is 85.8. The van der Waals surface area contributed by atoms with Crippen molar-refractivity contribution >= 4 is 0 Å². The van der Waals surface area contributed by atoms with Crippen molar-refractivity contribution < 1.29 is 31.1 Å². The normalized spacial score (nSPS) is 16.5. The molecule has 0 aliphatic carbocycles. The summed E-state index contributed by atoms with van der Waals surface area (Å²) in [6, 6.07) is 19.3. The number of hydrogen-bond acceptors (Lipinski definition) is 2. The first-order valence-corrected chi connectivity index (χ1v) is 12.3. The van der Waals surface area contributed by atoms with E-state index in [0.29, 0.717) is 18.1 Å². The van der Waals surface area contributed by atoms with Crippen molar-refractivity contribution in [2.45, 2.75) is 50.0 Å². The Balaban J connectivity index is 1.59. The summed E-state index contributed by atoms with van der Waals surface area (Å²) in [5, 5.41) is 0. The number of piperidine rings is 1. The molecule has 1 saturated heterocycles. The van der Waals surface area contributed by atoms with Crippen LogP contribution >= 0.6 is 0 Å². The molecule has 0 N–H and O–H groups in total. The second-order valence-electron chi connectivity index (χ2n) is 9.43.